The predicted octanol–water partition coefficient (Wildman–Crippen LogP) is -0.0293. The molecule has 2 heterocycles. The van der Waals surface area contributed by atoms with Crippen LogP contribution in [0.2, 0.25) is 0 Å². The van der Waals surface area contributed by atoms with Gasteiger partial charge >= 0.3 is 0 Å². The van der Waals surface area contributed by atoms with Crippen molar-refractivity contribution in [2.24, 2.45) is 0 Å². The van der Waals surface area contributed by atoms with E-state index in [9.17, 15) is 4.79 Å². The first kappa shape index (κ1) is 7.10. The molecule has 0 aromatic carbocycles. The summed E-state index contributed by atoms with van der Waals surface area (Å²) in [6, 6.07) is 0.553. The minimum absolute atomic E-state index is 0.236. The first-order chi connectivity index (χ1) is 5.36. The highest BCUT2D eigenvalue weighted by Gasteiger charge is 2.28. The minimum Gasteiger partial charge on any atom is -0.355 e. The Bertz CT molecular complexity index is 169. The molecule has 3 heteroatoms. The molecule has 0 aromatic heterocycles. The molecule has 11 heavy (non-hydrogen) atoms. The summed E-state index contributed by atoms with van der Waals surface area (Å²) in [5.41, 5.74) is 0. The van der Waals surface area contributed by atoms with Crippen LogP contribution in [0.3, 0.4) is 0 Å². The number of carbonyl (C=O) groups is 1. The molecule has 1 unspecified atom stereocenters. The van der Waals surface area contributed by atoms with Crippen molar-refractivity contribution < 1.29 is 4.79 Å². The van der Waals surface area contributed by atoms with Crippen LogP contribution in [0, 0.1) is 0 Å². The average molecular weight is 154 g/mol. The molecule has 0 radical (unpaired) electrons. The van der Waals surface area contributed by atoms with Gasteiger partial charge in [-0.05, 0) is 19.4 Å². The number of fused-ring (bicyclic) bond motifs is 1. The fourth-order valence-corrected chi connectivity index (χ4v) is 2.05. The van der Waals surface area contributed by atoms with Crippen LogP contribution in [0.5, 0.6) is 0 Å². The minimum atomic E-state index is 0.236. The monoisotopic (exact) mass is 154 g/mol. The maximum absolute atomic E-state index is 11.1. The summed E-state index contributed by atoms with van der Waals surface area (Å²) >= 11 is 0. The first-order valence-electron chi connectivity index (χ1n) is 4.37. The molecule has 0 spiro atoms. The van der Waals surface area contributed by atoms with Gasteiger partial charge in [-0.1, -0.05) is 0 Å². The molecular formula is C8H14N2O. The van der Waals surface area contributed by atoms with Crippen molar-refractivity contribution >= 4 is 5.91 Å². The van der Waals surface area contributed by atoms with Gasteiger partial charge in [0, 0.05) is 25.6 Å². The maximum Gasteiger partial charge on any atom is 0.221 e. The summed E-state index contributed by atoms with van der Waals surface area (Å²) in [6.45, 7) is 3.09. The van der Waals surface area contributed by atoms with Crippen LogP contribution in [0.25, 0.3) is 0 Å². The van der Waals surface area contributed by atoms with Crippen LogP contribution in [-0.4, -0.2) is 36.5 Å². The van der Waals surface area contributed by atoms with Gasteiger partial charge < -0.3 is 5.32 Å². The molecule has 0 aliphatic carbocycles. The molecule has 2 fully saturated rings. The third-order valence-corrected chi connectivity index (χ3v) is 2.64. The lowest BCUT2D eigenvalue weighted by molar-refractivity contribution is -0.121. The van der Waals surface area contributed by atoms with Crippen LogP contribution >= 0.6 is 0 Å². The molecule has 2 aliphatic heterocycles. The maximum atomic E-state index is 11.1. The van der Waals surface area contributed by atoms with Crippen LogP contribution < -0.4 is 5.32 Å². The number of hydrogen-bond acceptors (Lipinski definition) is 2. The number of amides is 1. The molecule has 1 amide bonds. The normalized spacial score (nSPS) is 32.7. The smallest absolute Gasteiger partial charge is 0.221 e. The summed E-state index contributed by atoms with van der Waals surface area (Å²) in [5.74, 6) is 0.236. The standard InChI is InChI=1S/C8H14N2O/c11-8-6-7-2-1-4-10(7)5-3-9-8/h7H,1-6H2,(H,9,11). The van der Waals surface area contributed by atoms with Crippen LogP contribution in [0.1, 0.15) is 19.3 Å². The average Bonchev–Trinajstić information content (AvgIpc) is 2.31. The Morgan fingerprint density at radius 2 is 2.36 bits per heavy atom. The van der Waals surface area contributed by atoms with Crippen molar-refractivity contribution in [1.29, 1.82) is 0 Å². The highest BCUT2D eigenvalue weighted by Crippen LogP contribution is 2.20. The van der Waals surface area contributed by atoms with Gasteiger partial charge in [0.05, 0.1) is 0 Å². The molecule has 2 aliphatic rings. The number of carbonyl (C=O) groups excluding carboxylic acids is 1. The quantitative estimate of drug-likeness (QED) is 0.531. The van der Waals surface area contributed by atoms with Crippen molar-refractivity contribution in [3.63, 3.8) is 0 Å². The molecule has 0 saturated carbocycles. The van der Waals surface area contributed by atoms with Crippen molar-refractivity contribution in [3.8, 4) is 0 Å². The molecule has 0 bridgehead atoms. The van der Waals surface area contributed by atoms with Gasteiger partial charge in [0.1, 0.15) is 0 Å². The van der Waals surface area contributed by atoms with Crippen LogP contribution in [0.15, 0.2) is 0 Å². The molecular weight excluding hydrogens is 140 g/mol. The topological polar surface area (TPSA) is 32.3 Å². The highest BCUT2D eigenvalue weighted by atomic mass is 16.1. The molecule has 2 saturated heterocycles. The van der Waals surface area contributed by atoms with E-state index in [-0.39, 0.29) is 5.91 Å². The van der Waals surface area contributed by atoms with Gasteiger partial charge in [0.25, 0.3) is 0 Å². The van der Waals surface area contributed by atoms with Crippen molar-refractivity contribution in [2.75, 3.05) is 19.6 Å². The van der Waals surface area contributed by atoms with Crippen LogP contribution in [-0.2, 0) is 4.79 Å². The predicted molar refractivity (Wildman–Crippen MR) is 42.2 cm³/mol. The van der Waals surface area contributed by atoms with E-state index in [1.807, 2.05) is 0 Å². The first-order valence-corrected chi connectivity index (χ1v) is 4.37. The van der Waals surface area contributed by atoms with Gasteiger partial charge in [-0.25, -0.2) is 0 Å². The Morgan fingerprint density at radius 1 is 1.45 bits per heavy atom. The Hall–Kier alpha value is -0.570. The lowest BCUT2D eigenvalue weighted by atomic mass is 10.1. The Labute approximate surface area is 66.8 Å². The second kappa shape index (κ2) is 2.81. The Balaban J connectivity index is 2.03. The summed E-state index contributed by atoms with van der Waals surface area (Å²) in [4.78, 5) is 13.5. The van der Waals surface area contributed by atoms with Crippen molar-refractivity contribution in [1.82, 2.24) is 10.2 Å². The molecule has 1 atom stereocenters. The lowest BCUT2D eigenvalue weighted by Gasteiger charge is -2.19. The third kappa shape index (κ3) is 1.38. The molecule has 1 N–H and O–H groups in total. The zero-order chi connectivity index (χ0) is 7.68. The van der Waals surface area contributed by atoms with Crippen LogP contribution in [0.4, 0.5) is 0 Å². The number of nitrogens with one attached hydrogen (secondary N) is 1. The van der Waals surface area contributed by atoms with Crippen molar-refractivity contribution in [3.05, 3.63) is 0 Å². The van der Waals surface area contributed by atoms with Gasteiger partial charge in [-0.3, -0.25) is 9.69 Å². The van der Waals surface area contributed by atoms with Gasteiger partial charge in [-0.15, -0.1) is 0 Å². The van der Waals surface area contributed by atoms with E-state index < -0.39 is 0 Å². The summed E-state index contributed by atoms with van der Waals surface area (Å²) in [5, 5.41) is 2.89. The second-order valence-corrected chi connectivity index (χ2v) is 3.39. The fourth-order valence-electron chi connectivity index (χ4n) is 2.05. The van der Waals surface area contributed by atoms with Gasteiger partial charge in [0.2, 0.25) is 5.91 Å². The molecule has 2 rings (SSSR count). The summed E-state index contributed by atoms with van der Waals surface area (Å²) in [6.07, 6.45) is 3.21. The largest absolute Gasteiger partial charge is 0.355 e. The van der Waals surface area contributed by atoms with E-state index in [4.69, 9.17) is 0 Å². The third-order valence-electron chi connectivity index (χ3n) is 2.64. The highest BCUT2D eigenvalue weighted by molar-refractivity contribution is 5.76. The Morgan fingerprint density at radius 3 is 3.27 bits per heavy atom. The SMILES string of the molecule is O=C1CC2CCCN2CCN1. The zero-order valence-electron chi connectivity index (χ0n) is 6.68. The van der Waals surface area contributed by atoms with Crippen molar-refractivity contribution in [2.45, 2.75) is 25.3 Å². The van der Waals surface area contributed by atoms with E-state index in [0.29, 0.717) is 6.04 Å². The number of nitrogens with zero attached hydrogens (tertiary/aromatic N) is 1. The second-order valence-electron chi connectivity index (χ2n) is 3.39. The summed E-state index contributed by atoms with van der Waals surface area (Å²) in [7, 11) is 0. The lowest BCUT2D eigenvalue weighted by Crippen LogP contribution is -2.30. The van der Waals surface area contributed by atoms with E-state index in [2.05, 4.69) is 10.2 Å². The zero-order valence-corrected chi connectivity index (χ0v) is 6.68. The Kier molecular flexibility index (Phi) is 1.82. The molecule has 62 valence electrons. The van der Waals surface area contributed by atoms with E-state index in [1.54, 1.807) is 0 Å². The van der Waals surface area contributed by atoms with E-state index in [0.717, 1.165) is 19.5 Å². The fraction of sp³-hybridized carbons (Fsp3) is 0.875. The molecule has 3 nitrogen and oxygen atoms in total. The van der Waals surface area contributed by atoms with E-state index >= 15 is 0 Å². The van der Waals surface area contributed by atoms with Gasteiger partial charge in [0.15, 0.2) is 0 Å². The van der Waals surface area contributed by atoms with E-state index in [1.165, 1.54) is 19.4 Å². The summed E-state index contributed by atoms with van der Waals surface area (Å²) < 4.78 is 0. The molecule has 0 aromatic rings. The number of rotatable bonds is 0. The number of hydrogen-bond donors (Lipinski definition) is 1. The van der Waals surface area contributed by atoms with Gasteiger partial charge in [-0.2, -0.15) is 0 Å².